The van der Waals surface area contributed by atoms with Crippen molar-refractivity contribution in [3.63, 3.8) is 0 Å². The minimum atomic E-state index is 0.436. The van der Waals surface area contributed by atoms with Crippen LogP contribution >= 0.6 is 0 Å². The molecule has 0 saturated heterocycles. The molecule has 0 unspecified atom stereocenters. The molecule has 0 aliphatic carbocycles. The first-order valence-electron chi connectivity index (χ1n) is 4.92. The van der Waals surface area contributed by atoms with Gasteiger partial charge in [-0.2, -0.15) is 4.99 Å². The number of hydrogen-bond acceptors (Lipinski definition) is 3. The Labute approximate surface area is 106 Å². The smallest absolute Gasteiger partial charge is 0.337 e. The van der Waals surface area contributed by atoms with Crippen molar-refractivity contribution in [1.82, 2.24) is 0 Å². The Balaban J connectivity index is 2.87. The van der Waals surface area contributed by atoms with E-state index in [1.54, 1.807) is 14.2 Å². The van der Waals surface area contributed by atoms with E-state index in [0.717, 1.165) is 17.1 Å². The summed E-state index contributed by atoms with van der Waals surface area (Å²) < 4.78 is 10.4. The average Bonchev–Trinajstić information content (AvgIpc) is 2.36. The summed E-state index contributed by atoms with van der Waals surface area (Å²) in [5.41, 5.74) is 6.09. The Hall–Kier alpha value is -1.69. The molecule has 0 aromatic heterocycles. The summed E-state index contributed by atoms with van der Waals surface area (Å²) in [7, 11) is 3.22. The highest BCUT2D eigenvalue weighted by atomic mass is 32.1. The minimum Gasteiger partial charge on any atom is -0.497 e. The molecule has 0 amide bonds. The van der Waals surface area contributed by atoms with Crippen molar-refractivity contribution in [3.05, 3.63) is 23.8 Å². The van der Waals surface area contributed by atoms with Crippen molar-refractivity contribution in [2.75, 3.05) is 14.2 Å². The third-order valence-corrected chi connectivity index (χ3v) is 2.38. The molecule has 5 nitrogen and oxygen atoms in total. The number of aliphatic imine (C=N–C) groups is 2. The number of methoxy groups -OCH3 is 2. The average molecular weight is 254 g/mol. The van der Waals surface area contributed by atoms with E-state index in [2.05, 4.69) is 22.6 Å². The Morgan fingerprint density at radius 2 is 2.18 bits per heavy atom. The minimum absolute atomic E-state index is 0.436. The molecular weight excluding hydrogens is 238 g/mol. The first kappa shape index (κ1) is 13.4. The van der Waals surface area contributed by atoms with Gasteiger partial charge in [0.1, 0.15) is 11.5 Å². The SMILES string of the molecule is COc1ccc(CN=C([SH2+])N=CN)c(OC)c1. The number of hydrogen-bond donors (Lipinski definition) is 1. The van der Waals surface area contributed by atoms with Crippen LogP contribution in [-0.4, -0.2) is 25.7 Å². The molecule has 0 heterocycles. The zero-order valence-corrected chi connectivity index (χ0v) is 10.8. The molecule has 0 atom stereocenters. The maximum absolute atomic E-state index is 5.25. The monoisotopic (exact) mass is 254 g/mol. The predicted octanol–water partition coefficient (Wildman–Crippen LogP) is 0.558. The zero-order valence-electron chi connectivity index (χ0n) is 9.80. The Kier molecular flexibility index (Phi) is 5.35. The number of ether oxygens (including phenoxy) is 2. The van der Waals surface area contributed by atoms with Crippen LogP contribution in [0.4, 0.5) is 0 Å². The van der Waals surface area contributed by atoms with Crippen molar-refractivity contribution in [2.45, 2.75) is 6.54 Å². The van der Waals surface area contributed by atoms with Crippen LogP contribution in [0.5, 0.6) is 11.5 Å². The van der Waals surface area contributed by atoms with Gasteiger partial charge < -0.3 is 15.2 Å². The normalized spacial score (nSPS) is 11.8. The first-order chi connectivity index (χ1) is 8.21. The second-order valence-corrected chi connectivity index (χ2v) is 3.54. The van der Waals surface area contributed by atoms with Gasteiger partial charge in [-0.05, 0) is 12.1 Å². The molecular formula is C11H16N3O2S+. The van der Waals surface area contributed by atoms with Crippen LogP contribution in [0.25, 0.3) is 0 Å². The maximum atomic E-state index is 5.25. The number of nitrogens with two attached hydrogens (primary N) is 1. The lowest BCUT2D eigenvalue weighted by molar-refractivity contribution is 0.391. The quantitative estimate of drug-likeness (QED) is 0.485. The highest BCUT2D eigenvalue weighted by molar-refractivity contribution is 7.77. The Bertz CT molecular complexity index is 433. The summed E-state index contributed by atoms with van der Waals surface area (Å²) in [5, 5.41) is 0.436. The fraction of sp³-hybridized carbons (Fsp3) is 0.273. The van der Waals surface area contributed by atoms with Gasteiger partial charge in [0.2, 0.25) is 0 Å². The van der Waals surface area contributed by atoms with E-state index in [4.69, 9.17) is 15.2 Å². The molecule has 0 fully saturated rings. The number of rotatable bonds is 4. The second-order valence-electron chi connectivity index (χ2n) is 3.10. The predicted molar refractivity (Wildman–Crippen MR) is 73.5 cm³/mol. The van der Waals surface area contributed by atoms with Crippen LogP contribution in [-0.2, 0) is 19.2 Å². The number of amidine groups is 1. The molecule has 0 radical (unpaired) electrons. The van der Waals surface area contributed by atoms with Crippen molar-refractivity contribution in [1.29, 1.82) is 0 Å². The van der Waals surface area contributed by atoms with Crippen LogP contribution in [0.15, 0.2) is 28.2 Å². The van der Waals surface area contributed by atoms with E-state index < -0.39 is 0 Å². The molecule has 0 aliphatic rings. The standard InChI is InChI=1S/C11H15N3O2S/c1-15-9-4-3-8(10(5-9)16-2)6-13-11(17)14-7-12/h3-5,7H,6H2,1-2H3,(H3,12,13,14,17)/p+1. The third kappa shape index (κ3) is 3.99. The summed E-state index contributed by atoms with van der Waals surface area (Å²) in [6, 6.07) is 5.56. The zero-order chi connectivity index (χ0) is 12.7. The lowest BCUT2D eigenvalue weighted by Crippen LogP contribution is -1.97. The van der Waals surface area contributed by atoms with E-state index in [1.165, 1.54) is 6.34 Å². The fourth-order valence-corrected chi connectivity index (χ4v) is 1.41. The summed E-state index contributed by atoms with van der Waals surface area (Å²) in [6.07, 6.45) is 1.18. The van der Waals surface area contributed by atoms with Crippen molar-refractivity contribution < 1.29 is 9.47 Å². The molecule has 0 saturated carbocycles. The van der Waals surface area contributed by atoms with Gasteiger partial charge in [-0.1, -0.05) is 0 Å². The maximum Gasteiger partial charge on any atom is 0.337 e. The molecule has 17 heavy (non-hydrogen) atoms. The molecule has 1 aromatic carbocycles. The molecule has 0 bridgehead atoms. The third-order valence-electron chi connectivity index (χ3n) is 2.09. The topological polar surface area (TPSA) is 69.2 Å². The largest absolute Gasteiger partial charge is 0.497 e. The second kappa shape index (κ2) is 6.80. The molecule has 0 aliphatic heterocycles. The molecule has 1 rings (SSSR count). The lowest BCUT2D eigenvalue weighted by atomic mass is 10.2. The Morgan fingerprint density at radius 1 is 1.41 bits per heavy atom. The van der Waals surface area contributed by atoms with Gasteiger partial charge >= 0.3 is 5.17 Å². The summed E-state index contributed by atoms with van der Waals surface area (Å²) in [6.45, 7) is 0.448. The van der Waals surface area contributed by atoms with Crippen molar-refractivity contribution in [3.8, 4) is 11.5 Å². The number of nitrogens with zero attached hydrogens (tertiary/aromatic N) is 2. The van der Waals surface area contributed by atoms with Gasteiger partial charge in [0.05, 0.1) is 27.1 Å². The van der Waals surface area contributed by atoms with Crippen LogP contribution in [0.3, 0.4) is 0 Å². The first-order valence-corrected chi connectivity index (χ1v) is 5.42. The van der Waals surface area contributed by atoms with Crippen molar-refractivity contribution in [2.24, 2.45) is 15.7 Å². The van der Waals surface area contributed by atoms with E-state index in [1.807, 2.05) is 18.2 Å². The van der Waals surface area contributed by atoms with E-state index in [-0.39, 0.29) is 0 Å². The van der Waals surface area contributed by atoms with Crippen LogP contribution in [0.2, 0.25) is 0 Å². The highest BCUT2D eigenvalue weighted by Gasteiger charge is 2.05. The fourth-order valence-electron chi connectivity index (χ4n) is 1.25. The summed E-state index contributed by atoms with van der Waals surface area (Å²) >= 11 is 3.23. The molecule has 1 aromatic rings. The molecule has 0 spiro atoms. The molecule has 2 N–H and O–H groups in total. The van der Waals surface area contributed by atoms with Gasteiger partial charge in [0, 0.05) is 24.3 Å². The van der Waals surface area contributed by atoms with Gasteiger partial charge in [0.25, 0.3) is 0 Å². The van der Waals surface area contributed by atoms with Gasteiger partial charge in [-0.25, -0.2) is 4.99 Å². The lowest BCUT2D eigenvalue weighted by Gasteiger charge is -2.08. The summed E-state index contributed by atoms with van der Waals surface area (Å²) in [4.78, 5) is 7.96. The van der Waals surface area contributed by atoms with Gasteiger partial charge in [-0.15, -0.1) is 0 Å². The number of benzene rings is 1. The van der Waals surface area contributed by atoms with Gasteiger partial charge in [-0.3, -0.25) is 0 Å². The highest BCUT2D eigenvalue weighted by Crippen LogP contribution is 2.25. The van der Waals surface area contributed by atoms with Crippen LogP contribution in [0.1, 0.15) is 5.56 Å². The van der Waals surface area contributed by atoms with E-state index >= 15 is 0 Å². The van der Waals surface area contributed by atoms with Gasteiger partial charge in [0.15, 0.2) is 0 Å². The van der Waals surface area contributed by atoms with Crippen LogP contribution in [0, 0.1) is 0 Å². The molecule has 92 valence electrons. The van der Waals surface area contributed by atoms with Crippen molar-refractivity contribution >= 4 is 24.1 Å². The van der Waals surface area contributed by atoms with E-state index in [9.17, 15) is 0 Å². The molecule has 6 heteroatoms. The summed E-state index contributed by atoms with van der Waals surface area (Å²) in [5.74, 6) is 1.47. The van der Waals surface area contributed by atoms with Crippen LogP contribution < -0.4 is 15.2 Å². The Morgan fingerprint density at radius 3 is 2.76 bits per heavy atom. The van der Waals surface area contributed by atoms with E-state index in [0.29, 0.717) is 11.7 Å².